The highest BCUT2D eigenvalue weighted by Gasteiger charge is 2.06. The van der Waals surface area contributed by atoms with Crippen LogP contribution in [0.25, 0.3) is 21.3 Å². The van der Waals surface area contributed by atoms with Gasteiger partial charge in [-0.25, -0.2) is 0 Å². The van der Waals surface area contributed by atoms with Gasteiger partial charge in [-0.2, -0.15) is 0 Å². The van der Waals surface area contributed by atoms with Crippen LogP contribution >= 0.6 is 11.3 Å². The summed E-state index contributed by atoms with van der Waals surface area (Å²) in [4.78, 5) is 11.9. The third-order valence-corrected chi connectivity index (χ3v) is 3.08. The quantitative estimate of drug-likeness (QED) is 0.561. The number of rotatable bonds is 0. The molecule has 3 rings (SSSR count). The summed E-state index contributed by atoms with van der Waals surface area (Å²) in [5.41, 5.74) is 1.40. The summed E-state index contributed by atoms with van der Waals surface area (Å²) in [6.07, 6.45) is 0. The fraction of sp³-hybridized carbons (Fsp3) is 0. The van der Waals surface area contributed by atoms with Gasteiger partial charge < -0.3 is 4.42 Å². The maximum atomic E-state index is 11.9. The second-order valence-corrected chi connectivity index (χ2v) is 3.96. The van der Waals surface area contributed by atoms with E-state index in [0.717, 1.165) is 0 Å². The number of hydrogen-bond acceptors (Lipinski definition) is 3. The maximum absolute atomic E-state index is 11.9. The second-order valence-electron chi connectivity index (χ2n) is 3.04. The Bertz CT molecular complexity index is 663. The summed E-state index contributed by atoms with van der Waals surface area (Å²) in [5, 5.41) is 2.52. The molecular formula is C11H6O2S. The fourth-order valence-corrected chi connectivity index (χ4v) is 2.30. The Balaban J connectivity index is 2.70. The Labute approximate surface area is 83.4 Å². The largest absolute Gasteiger partial charge is 0.455 e. The summed E-state index contributed by atoms with van der Waals surface area (Å²) >= 11 is 1.42. The number of fused-ring (bicyclic) bond motifs is 2. The zero-order valence-corrected chi connectivity index (χ0v) is 8.01. The molecule has 0 saturated heterocycles. The molecule has 0 N–H and O–H groups in total. The predicted molar refractivity (Wildman–Crippen MR) is 57.9 cm³/mol. The van der Waals surface area contributed by atoms with Crippen LogP contribution in [0.1, 0.15) is 0 Å². The highest BCUT2D eigenvalue weighted by atomic mass is 32.1. The van der Waals surface area contributed by atoms with Crippen LogP contribution in [-0.2, 0) is 0 Å². The van der Waals surface area contributed by atoms with Gasteiger partial charge in [-0.15, -0.1) is 11.3 Å². The van der Waals surface area contributed by atoms with E-state index in [-0.39, 0.29) is 5.43 Å². The summed E-state index contributed by atoms with van der Waals surface area (Å²) < 4.78 is 6.28. The first-order valence-electron chi connectivity index (χ1n) is 4.25. The van der Waals surface area contributed by atoms with E-state index in [1.165, 1.54) is 11.3 Å². The molecule has 2 nitrogen and oxygen atoms in total. The third kappa shape index (κ3) is 0.930. The monoisotopic (exact) mass is 202 g/mol. The van der Waals surface area contributed by atoms with Crippen LogP contribution in [0, 0.1) is 0 Å². The zero-order chi connectivity index (χ0) is 9.54. The van der Waals surface area contributed by atoms with Crippen molar-refractivity contribution in [1.82, 2.24) is 0 Å². The molecule has 2 aromatic heterocycles. The van der Waals surface area contributed by atoms with Gasteiger partial charge in [0.1, 0.15) is 15.9 Å². The Morgan fingerprint density at radius 1 is 1.07 bits per heavy atom. The molecule has 0 spiro atoms. The molecule has 1 aromatic carbocycles. The van der Waals surface area contributed by atoms with E-state index >= 15 is 0 Å². The van der Waals surface area contributed by atoms with Gasteiger partial charge in [0.25, 0.3) is 0 Å². The van der Waals surface area contributed by atoms with Crippen molar-refractivity contribution in [2.24, 2.45) is 0 Å². The molecule has 0 aliphatic rings. The van der Waals surface area contributed by atoms with E-state index < -0.39 is 0 Å². The minimum atomic E-state index is 0.0665. The normalized spacial score (nSPS) is 11.1. The molecule has 0 unspecified atom stereocenters. The lowest BCUT2D eigenvalue weighted by Gasteiger charge is -1.95. The molecule has 2 heterocycles. The molecule has 0 amide bonds. The number of para-hydroxylation sites is 1. The van der Waals surface area contributed by atoms with E-state index in [9.17, 15) is 4.79 Å². The lowest BCUT2D eigenvalue weighted by atomic mass is 10.2. The number of hydrogen-bond donors (Lipinski definition) is 0. The molecule has 0 aliphatic heterocycles. The zero-order valence-electron chi connectivity index (χ0n) is 7.19. The van der Waals surface area contributed by atoms with Crippen LogP contribution in [0.4, 0.5) is 0 Å². The topological polar surface area (TPSA) is 30.2 Å². The van der Waals surface area contributed by atoms with Gasteiger partial charge in [-0.3, -0.25) is 4.79 Å². The van der Waals surface area contributed by atoms with Crippen molar-refractivity contribution in [3.8, 4) is 0 Å². The first kappa shape index (κ1) is 7.76. The molecular weight excluding hydrogens is 196 g/mol. The van der Waals surface area contributed by atoms with Crippen molar-refractivity contribution in [1.29, 1.82) is 0 Å². The molecule has 0 radical (unpaired) electrons. The average Bonchev–Trinajstić information content (AvgIpc) is 2.66. The van der Waals surface area contributed by atoms with Gasteiger partial charge >= 0.3 is 0 Å². The molecule has 68 valence electrons. The number of thiophene rings is 1. The second kappa shape index (κ2) is 2.69. The first-order chi connectivity index (χ1) is 6.86. The van der Waals surface area contributed by atoms with Crippen molar-refractivity contribution in [2.75, 3.05) is 0 Å². The van der Waals surface area contributed by atoms with Crippen molar-refractivity contribution < 1.29 is 4.42 Å². The Kier molecular flexibility index (Phi) is 1.49. The van der Waals surface area contributed by atoms with Gasteiger partial charge in [0.2, 0.25) is 5.43 Å². The van der Waals surface area contributed by atoms with E-state index in [4.69, 9.17) is 4.42 Å². The van der Waals surface area contributed by atoms with Gasteiger partial charge in [0.05, 0.1) is 5.39 Å². The molecule has 0 saturated carbocycles. The van der Waals surface area contributed by atoms with Crippen molar-refractivity contribution in [3.05, 3.63) is 45.9 Å². The summed E-state index contributed by atoms with van der Waals surface area (Å²) in [6, 6.07) is 9.14. The van der Waals surface area contributed by atoms with Gasteiger partial charge in [-0.1, -0.05) is 12.1 Å². The lowest BCUT2D eigenvalue weighted by molar-refractivity contribution is 0.661. The highest BCUT2D eigenvalue weighted by Crippen LogP contribution is 2.21. The molecule has 14 heavy (non-hydrogen) atoms. The fourth-order valence-electron chi connectivity index (χ4n) is 1.53. The van der Waals surface area contributed by atoms with Crippen molar-refractivity contribution in [3.63, 3.8) is 0 Å². The SMILES string of the molecule is O=c1c2ccccc2oc2ccsc12. The maximum Gasteiger partial charge on any atom is 0.210 e. The van der Waals surface area contributed by atoms with Crippen LogP contribution in [0.15, 0.2) is 44.9 Å². The molecule has 0 atom stereocenters. The Morgan fingerprint density at radius 2 is 1.93 bits per heavy atom. The van der Waals surface area contributed by atoms with Crippen molar-refractivity contribution in [2.45, 2.75) is 0 Å². The molecule has 3 aromatic rings. The molecule has 0 aliphatic carbocycles. The van der Waals surface area contributed by atoms with Gasteiger partial charge in [0, 0.05) is 0 Å². The lowest BCUT2D eigenvalue weighted by Crippen LogP contribution is -1.98. The third-order valence-electron chi connectivity index (χ3n) is 2.19. The van der Waals surface area contributed by atoms with E-state index in [1.807, 2.05) is 29.6 Å². The predicted octanol–water partition coefficient (Wildman–Crippen LogP) is 3.01. The average molecular weight is 202 g/mol. The standard InChI is InChI=1S/C11H6O2S/c12-10-7-3-1-2-4-8(7)13-9-5-6-14-11(9)10/h1-6H. The summed E-state index contributed by atoms with van der Waals surface area (Å²) in [5.74, 6) is 0. The van der Waals surface area contributed by atoms with Crippen LogP contribution in [0.3, 0.4) is 0 Å². The molecule has 0 bridgehead atoms. The number of benzene rings is 1. The molecule has 3 heteroatoms. The molecule has 0 fully saturated rings. The Hall–Kier alpha value is -1.61. The summed E-state index contributed by atoms with van der Waals surface area (Å²) in [6.45, 7) is 0. The van der Waals surface area contributed by atoms with Crippen LogP contribution < -0.4 is 5.43 Å². The van der Waals surface area contributed by atoms with E-state index in [0.29, 0.717) is 21.3 Å². The van der Waals surface area contributed by atoms with Crippen molar-refractivity contribution >= 4 is 32.6 Å². The first-order valence-corrected chi connectivity index (χ1v) is 5.13. The minimum Gasteiger partial charge on any atom is -0.455 e. The minimum absolute atomic E-state index is 0.0665. The Morgan fingerprint density at radius 3 is 2.86 bits per heavy atom. The van der Waals surface area contributed by atoms with E-state index in [2.05, 4.69) is 0 Å². The van der Waals surface area contributed by atoms with Gasteiger partial charge in [0.15, 0.2) is 0 Å². The van der Waals surface area contributed by atoms with Crippen LogP contribution in [0.5, 0.6) is 0 Å². The van der Waals surface area contributed by atoms with Crippen LogP contribution in [0.2, 0.25) is 0 Å². The smallest absolute Gasteiger partial charge is 0.210 e. The van der Waals surface area contributed by atoms with E-state index in [1.54, 1.807) is 6.07 Å². The highest BCUT2D eigenvalue weighted by molar-refractivity contribution is 7.17. The van der Waals surface area contributed by atoms with Crippen LogP contribution in [-0.4, -0.2) is 0 Å². The van der Waals surface area contributed by atoms with Gasteiger partial charge in [-0.05, 0) is 23.6 Å². The summed E-state index contributed by atoms with van der Waals surface area (Å²) in [7, 11) is 0.